The van der Waals surface area contributed by atoms with E-state index in [-0.39, 0.29) is 0 Å². The number of aliphatic hydroxyl groups is 1. The van der Waals surface area contributed by atoms with Gasteiger partial charge in [-0.3, -0.25) is 4.79 Å². The molecule has 0 unspecified atom stereocenters. The van der Waals surface area contributed by atoms with Gasteiger partial charge in [0.25, 0.3) is 5.91 Å². The summed E-state index contributed by atoms with van der Waals surface area (Å²) in [7, 11) is 1.55. The zero-order chi connectivity index (χ0) is 15.3. The first kappa shape index (κ1) is 12.9. The van der Waals surface area contributed by atoms with Crippen LogP contribution in [0.5, 0.6) is 5.75 Å². The molecule has 110 valence electrons. The largest absolute Gasteiger partial charge is 0.497 e. The molecule has 0 saturated heterocycles. The van der Waals surface area contributed by atoms with Crippen molar-refractivity contribution in [1.82, 2.24) is 4.98 Å². The van der Waals surface area contributed by atoms with Crippen LogP contribution in [0.3, 0.4) is 0 Å². The van der Waals surface area contributed by atoms with Gasteiger partial charge in [0.15, 0.2) is 5.60 Å². The van der Waals surface area contributed by atoms with Crippen molar-refractivity contribution in [2.24, 2.45) is 0 Å². The van der Waals surface area contributed by atoms with Gasteiger partial charge in [-0.05, 0) is 24.3 Å². The number of hydrogen-bond donors (Lipinski definition) is 3. The fourth-order valence-corrected chi connectivity index (χ4v) is 3.03. The van der Waals surface area contributed by atoms with Crippen molar-refractivity contribution in [3.8, 4) is 5.75 Å². The maximum Gasteiger partial charge on any atom is 0.265 e. The summed E-state index contributed by atoms with van der Waals surface area (Å²) in [5, 5.41) is 14.8. The van der Waals surface area contributed by atoms with Gasteiger partial charge >= 0.3 is 0 Å². The Morgan fingerprint density at radius 3 is 2.77 bits per heavy atom. The number of anilines is 1. The first-order valence-corrected chi connectivity index (χ1v) is 6.93. The van der Waals surface area contributed by atoms with Gasteiger partial charge < -0.3 is 20.1 Å². The summed E-state index contributed by atoms with van der Waals surface area (Å²) in [6.45, 7) is 0. The van der Waals surface area contributed by atoms with Gasteiger partial charge in [-0.15, -0.1) is 0 Å². The van der Waals surface area contributed by atoms with E-state index < -0.39 is 11.5 Å². The third-order valence-electron chi connectivity index (χ3n) is 4.17. The van der Waals surface area contributed by atoms with Gasteiger partial charge in [-0.25, -0.2) is 0 Å². The molecule has 2 aromatic carbocycles. The standard InChI is InChI=1S/C17H14N2O3/c1-22-10-6-7-15-12(8-10)17(21,16(20)19-15)13-9-18-14-5-3-2-4-11(13)14/h2-9,18,21H,1H3,(H,19,20)/t17-/m1/s1. The molecular weight excluding hydrogens is 280 g/mol. The van der Waals surface area contributed by atoms with Crippen LogP contribution in [0.15, 0.2) is 48.7 Å². The van der Waals surface area contributed by atoms with Crippen molar-refractivity contribution >= 4 is 22.5 Å². The van der Waals surface area contributed by atoms with E-state index in [9.17, 15) is 9.90 Å². The minimum Gasteiger partial charge on any atom is -0.497 e. The summed E-state index contributed by atoms with van der Waals surface area (Å²) < 4.78 is 5.21. The van der Waals surface area contributed by atoms with Crippen molar-refractivity contribution in [3.05, 3.63) is 59.8 Å². The number of methoxy groups -OCH3 is 1. The maximum atomic E-state index is 12.5. The highest BCUT2D eigenvalue weighted by Gasteiger charge is 2.48. The van der Waals surface area contributed by atoms with Crippen LogP contribution in [0.1, 0.15) is 11.1 Å². The number of fused-ring (bicyclic) bond motifs is 2. The normalized spacial score (nSPS) is 20.0. The summed E-state index contributed by atoms with van der Waals surface area (Å²) in [6, 6.07) is 12.7. The summed E-state index contributed by atoms with van der Waals surface area (Å²) >= 11 is 0. The lowest BCUT2D eigenvalue weighted by atomic mass is 9.87. The number of carbonyl (C=O) groups excluding carboxylic acids is 1. The molecule has 4 rings (SSSR count). The van der Waals surface area contributed by atoms with Crippen LogP contribution in [0.4, 0.5) is 5.69 Å². The number of amides is 1. The molecule has 0 fully saturated rings. The van der Waals surface area contributed by atoms with Gasteiger partial charge in [0.05, 0.1) is 7.11 Å². The summed E-state index contributed by atoms with van der Waals surface area (Å²) in [5.41, 5.74) is 0.770. The highest BCUT2D eigenvalue weighted by atomic mass is 16.5. The Morgan fingerprint density at radius 2 is 1.95 bits per heavy atom. The highest BCUT2D eigenvalue weighted by Crippen LogP contribution is 2.44. The van der Waals surface area contributed by atoms with E-state index in [1.54, 1.807) is 31.5 Å². The molecule has 1 atom stereocenters. The molecule has 0 spiro atoms. The SMILES string of the molecule is COc1ccc2c(c1)[C@@](O)(c1c[nH]c3ccccc13)C(=O)N2. The van der Waals surface area contributed by atoms with Gasteiger partial charge in [0, 0.05) is 33.9 Å². The zero-order valence-electron chi connectivity index (χ0n) is 11.9. The maximum absolute atomic E-state index is 12.5. The van der Waals surface area contributed by atoms with E-state index in [1.165, 1.54) is 0 Å². The predicted molar refractivity (Wildman–Crippen MR) is 82.9 cm³/mol. The number of aromatic nitrogens is 1. The van der Waals surface area contributed by atoms with Crippen LogP contribution in [0.2, 0.25) is 0 Å². The number of nitrogens with one attached hydrogen (secondary N) is 2. The van der Waals surface area contributed by atoms with Crippen molar-refractivity contribution in [3.63, 3.8) is 0 Å². The molecule has 0 saturated carbocycles. The smallest absolute Gasteiger partial charge is 0.265 e. The number of rotatable bonds is 2. The Kier molecular flexibility index (Phi) is 2.55. The molecular formula is C17H14N2O3. The predicted octanol–water partition coefficient (Wildman–Crippen LogP) is 2.36. The van der Waals surface area contributed by atoms with Crippen molar-refractivity contribution < 1.29 is 14.6 Å². The number of ether oxygens (including phenoxy) is 1. The van der Waals surface area contributed by atoms with E-state index >= 15 is 0 Å². The Labute approximate surface area is 126 Å². The Morgan fingerprint density at radius 1 is 1.14 bits per heavy atom. The lowest BCUT2D eigenvalue weighted by molar-refractivity contribution is -0.129. The quantitative estimate of drug-likeness (QED) is 0.679. The molecule has 1 aliphatic rings. The van der Waals surface area contributed by atoms with Gasteiger partial charge in [-0.2, -0.15) is 0 Å². The lowest BCUT2D eigenvalue weighted by Gasteiger charge is -2.20. The van der Waals surface area contributed by atoms with E-state index in [0.717, 1.165) is 10.9 Å². The summed E-state index contributed by atoms with van der Waals surface area (Å²) in [4.78, 5) is 15.6. The topological polar surface area (TPSA) is 74.3 Å². The lowest BCUT2D eigenvalue weighted by Crippen LogP contribution is -2.35. The van der Waals surface area contributed by atoms with E-state index in [0.29, 0.717) is 22.6 Å². The monoisotopic (exact) mass is 294 g/mol. The molecule has 2 heterocycles. The van der Waals surface area contributed by atoms with Crippen LogP contribution < -0.4 is 10.1 Å². The van der Waals surface area contributed by atoms with Crippen LogP contribution in [-0.2, 0) is 10.4 Å². The van der Waals surface area contributed by atoms with Crippen LogP contribution in [0, 0.1) is 0 Å². The Balaban J connectivity index is 2.00. The third-order valence-corrected chi connectivity index (χ3v) is 4.17. The first-order valence-electron chi connectivity index (χ1n) is 6.93. The fraction of sp³-hybridized carbons (Fsp3) is 0.118. The number of benzene rings is 2. The Bertz CT molecular complexity index is 900. The molecule has 1 amide bonds. The average molecular weight is 294 g/mol. The second kappa shape index (κ2) is 4.35. The molecule has 3 N–H and O–H groups in total. The molecule has 1 aromatic heterocycles. The van der Waals surface area contributed by atoms with Gasteiger partial charge in [0.2, 0.25) is 0 Å². The fourth-order valence-electron chi connectivity index (χ4n) is 3.03. The minimum atomic E-state index is -1.73. The van der Waals surface area contributed by atoms with Crippen LogP contribution in [0.25, 0.3) is 10.9 Å². The Hall–Kier alpha value is -2.79. The van der Waals surface area contributed by atoms with Crippen molar-refractivity contribution in [2.75, 3.05) is 12.4 Å². The number of para-hydroxylation sites is 1. The number of carbonyl (C=O) groups is 1. The molecule has 5 nitrogen and oxygen atoms in total. The van der Waals surface area contributed by atoms with Crippen molar-refractivity contribution in [1.29, 1.82) is 0 Å². The number of H-pyrrole nitrogens is 1. The third kappa shape index (κ3) is 1.54. The summed E-state index contributed by atoms with van der Waals surface area (Å²) in [5.74, 6) is 0.133. The molecule has 22 heavy (non-hydrogen) atoms. The molecule has 3 aromatic rings. The summed E-state index contributed by atoms with van der Waals surface area (Å²) in [6.07, 6.45) is 1.68. The molecule has 0 aliphatic carbocycles. The number of aromatic amines is 1. The molecule has 5 heteroatoms. The second-order valence-electron chi connectivity index (χ2n) is 5.32. The van der Waals surface area contributed by atoms with Crippen LogP contribution in [-0.4, -0.2) is 23.1 Å². The zero-order valence-corrected chi connectivity index (χ0v) is 11.9. The molecule has 0 bridgehead atoms. The van der Waals surface area contributed by atoms with E-state index in [2.05, 4.69) is 10.3 Å². The van der Waals surface area contributed by atoms with Crippen LogP contribution >= 0.6 is 0 Å². The molecule has 1 aliphatic heterocycles. The molecule has 0 radical (unpaired) electrons. The second-order valence-corrected chi connectivity index (χ2v) is 5.32. The number of hydrogen-bond acceptors (Lipinski definition) is 3. The van der Waals surface area contributed by atoms with E-state index in [1.807, 2.05) is 24.3 Å². The highest BCUT2D eigenvalue weighted by molar-refractivity contribution is 6.09. The van der Waals surface area contributed by atoms with E-state index in [4.69, 9.17) is 4.74 Å². The van der Waals surface area contributed by atoms with Crippen molar-refractivity contribution in [2.45, 2.75) is 5.60 Å². The minimum absolute atomic E-state index is 0.458. The van der Waals surface area contributed by atoms with Gasteiger partial charge in [-0.1, -0.05) is 18.2 Å². The van der Waals surface area contributed by atoms with Gasteiger partial charge in [0.1, 0.15) is 5.75 Å². The first-order chi connectivity index (χ1) is 10.6. The average Bonchev–Trinajstić information content (AvgIpc) is 3.08.